The Kier molecular flexibility index (Phi) is 4.59. The Morgan fingerprint density at radius 3 is 2.85 bits per heavy atom. The van der Waals surface area contributed by atoms with Crippen LogP contribution in [0.2, 0.25) is 0 Å². The summed E-state index contributed by atoms with van der Waals surface area (Å²) in [5, 5.41) is 17.7. The molecular weight excluding hydrogens is 380 g/mol. The van der Waals surface area contributed by atoms with Gasteiger partial charge >= 0.3 is 0 Å². The number of thioether (sulfide) groups is 1. The lowest BCUT2D eigenvalue weighted by atomic mass is 10.1. The van der Waals surface area contributed by atoms with E-state index in [1.807, 2.05) is 43.5 Å². The molecule has 134 valence electrons. The first-order valence-corrected chi connectivity index (χ1v) is 10.0. The summed E-state index contributed by atoms with van der Waals surface area (Å²) < 4.78 is 1.66. The van der Waals surface area contributed by atoms with Crippen molar-refractivity contribution in [1.29, 1.82) is 5.26 Å². The Hall–Kier alpha value is -2.83. The van der Waals surface area contributed by atoms with Gasteiger partial charge in [0.05, 0.1) is 17.3 Å². The average Bonchev–Trinajstić information content (AvgIpc) is 3.26. The van der Waals surface area contributed by atoms with Gasteiger partial charge in [0.2, 0.25) is 0 Å². The van der Waals surface area contributed by atoms with Crippen LogP contribution < -0.4 is 0 Å². The number of para-hydroxylation sites is 1. The average molecular weight is 394 g/mol. The van der Waals surface area contributed by atoms with E-state index in [1.54, 1.807) is 4.52 Å². The van der Waals surface area contributed by atoms with Gasteiger partial charge in [-0.15, -0.1) is 16.4 Å². The number of Topliss-reactive ketones (excluding diaryl/α,β-unsaturated/α-hetero) is 1. The lowest BCUT2D eigenvalue weighted by Crippen LogP contribution is -2.14. The van der Waals surface area contributed by atoms with Crippen molar-refractivity contribution < 1.29 is 4.79 Å². The Labute approximate surface area is 163 Å². The Balaban J connectivity index is 1.65. The summed E-state index contributed by atoms with van der Waals surface area (Å²) in [6.07, 6.45) is 0. The van der Waals surface area contributed by atoms with Crippen LogP contribution in [-0.4, -0.2) is 36.1 Å². The molecule has 4 rings (SSSR count). The standard InChI is InChI=1S/C18H14N6OS2/c1-10-8-26-17(20-10)13(7-19)15(25)9-27-18-22-14-6-4-3-5-12(14)16-21-11(2)23-24(16)18/h3-6,8,13H,9H2,1-2H3/t13-/m0/s1. The summed E-state index contributed by atoms with van der Waals surface area (Å²) in [6, 6.07) is 9.76. The van der Waals surface area contributed by atoms with Crippen molar-refractivity contribution in [2.45, 2.75) is 24.9 Å². The third-order valence-electron chi connectivity index (χ3n) is 3.93. The van der Waals surface area contributed by atoms with Crippen molar-refractivity contribution in [3.05, 3.63) is 46.2 Å². The number of carbonyl (C=O) groups excluding carboxylic acids is 1. The summed E-state index contributed by atoms with van der Waals surface area (Å²) in [5.41, 5.74) is 2.31. The molecule has 0 spiro atoms. The van der Waals surface area contributed by atoms with Gasteiger partial charge in [0.25, 0.3) is 0 Å². The Morgan fingerprint density at radius 1 is 1.30 bits per heavy atom. The zero-order valence-corrected chi connectivity index (χ0v) is 16.2. The zero-order valence-electron chi connectivity index (χ0n) is 14.6. The number of fused-ring (bicyclic) bond motifs is 3. The van der Waals surface area contributed by atoms with Crippen LogP contribution in [0.5, 0.6) is 0 Å². The molecule has 0 radical (unpaired) electrons. The quantitative estimate of drug-likeness (QED) is 0.378. The minimum atomic E-state index is -0.857. The molecule has 0 saturated carbocycles. The van der Waals surface area contributed by atoms with Crippen LogP contribution in [0.25, 0.3) is 16.6 Å². The number of nitrogens with zero attached hydrogens (tertiary/aromatic N) is 6. The second-order valence-corrected chi connectivity index (χ2v) is 7.78. The van der Waals surface area contributed by atoms with Crippen molar-refractivity contribution in [3.63, 3.8) is 0 Å². The van der Waals surface area contributed by atoms with Crippen molar-refractivity contribution in [2.24, 2.45) is 0 Å². The molecule has 1 atom stereocenters. The maximum atomic E-state index is 12.6. The SMILES string of the molecule is Cc1csc([C@@H](C#N)C(=O)CSc2nc3ccccc3c3nc(C)nn23)n1. The fourth-order valence-electron chi connectivity index (χ4n) is 2.72. The van der Waals surface area contributed by atoms with Crippen LogP contribution >= 0.6 is 23.1 Å². The Bertz CT molecular complexity index is 1210. The maximum Gasteiger partial charge on any atom is 0.191 e. The third kappa shape index (κ3) is 3.29. The largest absolute Gasteiger partial charge is 0.297 e. The topological polar surface area (TPSA) is 96.8 Å². The van der Waals surface area contributed by atoms with Crippen molar-refractivity contribution in [1.82, 2.24) is 24.6 Å². The van der Waals surface area contributed by atoms with Gasteiger partial charge in [-0.2, -0.15) is 9.78 Å². The highest BCUT2D eigenvalue weighted by molar-refractivity contribution is 7.99. The van der Waals surface area contributed by atoms with Gasteiger partial charge in [-0.05, 0) is 26.0 Å². The van der Waals surface area contributed by atoms with Gasteiger partial charge in [-0.1, -0.05) is 23.9 Å². The number of carbonyl (C=O) groups is 1. The summed E-state index contributed by atoms with van der Waals surface area (Å²) in [5.74, 6) is -0.313. The van der Waals surface area contributed by atoms with Crippen molar-refractivity contribution >= 4 is 45.4 Å². The van der Waals surface area contributed by atoms with Crippen LogP contribution in [0.15, 0.2) is 34.8 Å². The highest BCUT2D eigenvalue weighted by Gasteiger charge is 2.24. The van der Waals surface area contributed by atoms with E-state index in [4.69, 9.17) is 0 Å². The van der Waals surface area contributed by atoms with Crippen LogP contribution in [0, 0.1) is 25.2 Å². The summed E-state index contributed by atoms with van der Waals surface area (Å²) in [7, 11) is 0. The molecule has 0 aliphatic rings. The highest BCUT2D eigenvalue weighted by atomic mass is 32.2. The number of ketones is 1. The molecule has 7 nitrogen and oxygen atoms in total. The van der Waals surface area contributed by atoms with Gasteiger partial charge in [-0.25, -0.2) is 15.0 Å². The van der Waals surface area contributed by atoms with Crippen LogP contribution in [0.1, 0.15) is 22.4 Å². The normalized spacial score (nSPS) is 12.3. The second-order valence-electron chi connectivity index (χ2n) is 5.95. The van der Waals surface area contributed by atoms with Crippen LogP contribution in [0.4, 0.5) is 0 Å². The molecule has 0 unspecified atom stereocenters. The van der Waals surface area contributed by atoms with Gasteiger partial charge in [0.15, 0.2) is 22.5 Å². The number of rotatable bonds is 5. The monoisotopic (exact) mass is 394 g/mol. The lowest BCUT2D eigenvalue weighted by molar-refractivity contribution is -0.116. The van der Waals surface area contributed by atoms with E-state index in [0.717, 1.165) is 16.6 Å². The number of hydrogen-bond donors (Lipinski definition) is 0. The lowest BCUT2D eigenvalue weighted by Gasteiger charge is -2.07. The predicted molar refractivity (Wildman–Crippen MR) is 104 cm³/mol. The number of aromatic nitrogens is 5. The number of thiazole rings is 1. The van der Waals surface area contributed by atoms with E-state index in [2.05, 4.69) is 26.1 Å². The molecule has 0 fully saturated rings. The molecule has 9 heteroatoms. The molecule has 0 aliphatic heterocycles. The maximum absolute atomic E-state index is 12.6. The van der Waals surface area contributed by atoms with E-state index < -0.39 is 5.92 Å². The van der Waals surface area contributed by atoms with Crippen LogP contribution in [-0.2, 0) is 4.79 Å². The van der Waals surface area contributed by atoms with E-state index >= 15 is 0 Å². The van der Waals surface area contributed by atoms with E-state index in [-0.39, 0.29) is 11.5 Å². The predicted octanol–water partition coefficient (Wildman–Crippen LogP) is 3.32. The van der Waals surface area contributed by atoms with Gasteiger partial charge in [0.1, 0.15) is 10.8 Å². The summed E-state index contributed by atoms with van der Waals surface area (Å²) in [4.78, 5) is 26.0. The van der Waals surface area contributed by atoms with Gasteiger partial charge in [0, 0.05) is 16.5 Å². The number of nitriles is 1. The van der Waals surface area contributed by atoms with E-state index in [0.29, 0.717) is 21.6 Å². The minimum absolute atomic E-state index is 0.107. The van der Waals surface area contributed by atoms with Gasteiger partial charge in [-0.3, -0.25) is 4.79 Å². The molecule has 0 aliphatic carbocycles. The first-order chi connectivity index (χ1) is 13.1. The highest BCUT2D eigenvalue weighted by Crippen LogP contribution is 2.27. The van der Waals surface area contributed by atoms with Gasteiger partial charge < -0.3 is 0 Å². The molecule has 27 heavy (non-hydrogen) atoms. The second kappa shape index (κ2) is 7.06. The molecule has 0 saturated heterocycles. The first-order valence-electron chi connectivity index (χ1n) is 8.16. The molecular formula is C18H14N6OS2. The number of hydrogen-bond acceptors (Lipinski definition) is 8. The minimum Gasteiger partial charge on any atom is -0.297 e. The fourth-order valence-corrected chi connectivity index (χ4v) is 4.43. The summed E-state index contributed by atoms with van der Waals surface area (Å²) in [6.45, 7) is 3.66. The zero-order chi connectivity index (χ0) is 19.0. The van der Waals surface area contributed by atoms with Crippen LogP contribution in [0.3, 0.4) is 0 Å². The van der Waals surface area contributed by atoms with E-state index in [1.165, 1.54) is 23.1 Å². The first kappa shape index (κ1) is 17.6. The summed E-state index contributed by atoms with van der Waals surface area (Å²) >= 11 is 2.59. The smallest absolute Gasteiger partial charge is 0.191 e. The van der Waals surface area contributed by atoms with E-state index in [9.17, 15) is 10.1 Å². The van der Waals surface area contributed by atoms with Crippen molar-refractivity contribution in [3.8, 4) is 6.07 Å². The third-order valence-corrected chi connectivity index (χ3v) is 5.91. The van der Waals surface area contributed by atoms with Crippen molar-refractivity contribution in [2.75, 3.05) is 5.75 Å². The Morgan fingerprint density at radius 2 is 2.11 bits per heavy atom. The fraction of sp³-hybridized carbons (Fsp3) is 0.222. The number of aryl methyl sites for hydroxylation is 2. The molecule has 1 aromatic carbocycles. The molecule has 4 aromatic rings. The molecule has 0 amide bonds. The molecule has 0 bridgehead atoms. The molecule has 0 N–H and O–H groups in total. The number of benzene rings is 1. The molecule has 3 aromatic heterocycles. The molecule has 3 heterocycles.